The van der Waals surface area contributed by atoms with E-state index in [2.05, 4.69) is 42.4 Å². The van der Waals surface area contributed by atoms with Crippen LogP contribution in [0.5, 0.6) is 0 Å². The van der Waals surface area contributed by atoms with E-state index in [9.17, 15) is 4.79 Å². The van der Waals surface area contributed by atoms with Gasteiger partial charge in [-0.2, -0.15) is 5.10 Å². The molecule has 1 amide bonds. The van der Waals surface area contributed by atoms with Gasteiger partial charge in [-0.05, 0) is 45.8 Å². The molecule has 2 rings (SSSR count). The molecule has 0 saturated carbocycles. The van der Waals surface area contributed by atoms with E-state index in [1.807, 2.05) is 24.3 Å². The molecule has 0 unspecified atom stereocenters. The SMILES string of the molecule is O=C(Cc1ccc(Br)cc1)N/N=C/c1ccc(Br)o1. The smallest absolute Gasteiger partial charge is 0.244 e. The molecule has 1 heterocycles. The molecule has 0 spiro atoms. The zero-order chi connectivity index (χ0) is 13.7. The van der Waals surface area contributed by atoms with E-state index >= 15 is 0 Å². The van der Waals surface area contributed by atoms with Crippen LogP contribution in [0.4, 0.5) is 0 Å². The van der Waals surface area contributed by atoms with Gasteiger partial charge >= 0.3 is 0 Å². The van der Waals surface area contributed by atoms with E-state index in [0.717, 1.165) is 10.0 Å². The van der Waals surface area contributed by atoms with Crippen molar-refractivity contribution in [3.63, 3.8) is 0 Å². The lowest BCUT2D eigenvalue weighted by atomic mass is 10.1. The van der Waals surface area contributed by atoms with Crippen LogP contribution < -0.4 is 5.43 Å². The number of furan rings is 1. The highest BCUT2D eigenvalue weighted by Crippen LogP contribution is 2.12. The number of hydrazone groups is 1. The predicted octanol–water partition coefficient (Wildman–Crippen LogP) is 3.50. The number of amides is 1. The first-order valence-corrected chi connectivity index (χ1v) is 7.04. The number of hydrogen-bond donors (Lipinski definition) is 1. The summed E-state index contributed by atoms with van der Waals surface area (Å²) in [6, 6.07) is 11.1. The lowest BCUT2D eigenvalue weighted by Crippen LogP contribution is -2.19. The highest BCUT2D eigenvalue weighted by Gasteiger charge is 2.02. The van der Waals surface area contributed by atoms with Gasteiger partial charge in [-0.25, -0.2) is 5.43 Å². The number of halogens is 2. The molecule has 0 fully saturated rings. The summed E-state index contributed by atoms with van der Waals surface area (Å²) < 4.78 is 6.81. The van der Waals surface area contributed by atoms with Crippen LogP contribution in [0.1, 0.15) is 11.3 Å². The number of nitrogens with zero attached hydrogens (tertiary/aromatic N) is 1. The first-order chi connectivity index (χ1) is 9.13. The standard InChI is InChI=1S/C13H10Br2N2O2/c14-10-3-1-9(2-4-10)7-13(18)17-16-8-11-5-6-12(15)19-11/h1-6,8H,7H2,(H,17,18)/b16-8+. The van der Waals surface area contributed by atoms with Crippen LogP contribution in [0, 0.1) is 0 Å². The maximum atomic E-state index is 11.6. The van der Waals surface area contributed by atoms with Gasteiger partial charge in [0.05, 0.1) is 12.6 Å². The van der Waals surface area contributed by atoms with Gasteiger partial charge in [0, 0.05) is 4.47 Å². The second-order valence-corrected chi connectivity index (χ2v) is 5.44. The number of carbonyl (C=O) groups is 1. The van der Waals surface area contributed by atoms with Crippen LogP contribution in [-0.2, 0) is 11.2 Å². The van der Waals surface area contributed by atoms with Crippen molar-refractivity contribution in [2.45, 2.75) is 6.42 Å². The maximum absolute atomic E-state index is 11.6. The van der Waals surface area contributed by atoms with E-state index in [-0.39, 0.29) is 12.3 Å². The molecule has 0 aliphatic rings. The van der Waals surface area contributed by atoms with Crippen molar-refractivity contribution in [1.29, 1.82) is 0 Å². The highest BCUT2D eigenvalue weighted by atomic mass is 79.9. The summed E-state index contributed by atoms with van der Waals surface area (Å²) in [7, 11) is 0. The second kappa shape index (κ2) is 6.68. The minimum Gasteiger partial charge on any atom is -0.448 e. The molecule has 1 aromatic heterocycles. The molecule has 1 aromatic carbocycles. The quantitative estimate of drug-likeness (QED) is 0.646. The minimum absolute atomic E-state index is 0.177. The van der Waals surface area contributed by atoms with Gasteiger partial charge in [0.15, 0.2) is 4.67 Å². The Labute approximate surface area is 127 Å². The van der Waals surface area contributed by atoms with Crippen molar-refractivity contribution in [3.8, 4) is 0 Å². The first kappa shape index (κ1) is 14.0. The average Bonchev–Trinajstić information content (AvgIpc) is 2.78. The Bertz CT molecular complexity index is 591. The molecule has 0 radical (unpaired) electrons. The number of carbonyl (C=O) groups excluding carboxylic acids is 1. The van der Waals surface area contributed by atoms with Gasteiger partial charge in [0.2, 0.25) is 5.91 Å². The summed E-state index contributed by atoms with van der Waals surface area (Å²) in [5, 5.41) is 3.82. The van der Waals surface area contributed by atoms with E-state index in [4.69, 9.17) is 4.42 Å². The lowest BCUT2D eigenvalue weighted by Gasteiger charge is -2.00. The average molecular weight is 386 g/mol. The third-order valence-electron chi connectivity index (χ3n) is 2.25. The number of benzene rings is 1. The van der Waals surface area contributed by atoms with Gasteiger partial charge in [0.1, 0.15) is 5.76 Å². The van der Waals surface area contributed by atoms with Crippen LogP contribution in [-0.4, -0.2) is 12.1 Å². The summed E-state index contributed by atoms with van der Waals surface area (Å²) in [6.45, 7) is 0. The summed E-state index contributed by atoms with van der Waals surface area (Å²) in [5.74, 6) is 0.389. The molecule has 0 aliphatic carbocycles. The Morgan fingerprint density at radius 2 is 1.95 bits per heavy atom. The number of rotatable bonds is 4. The second-order valence-electron chi connectivity index (χ2n) is 3.74. The van der Waals surface area contributed by atoms with E-state index in [1.54, 1.807) is 12.1 Å². The summed E-state index contributed by atoms with van der Waals surface area (Å²) >= 11 is 6.53. The van der Waals surface area contributed by atoms with Gasteiger partial charge in [0.25, 0.3) is 0 Å². The molecule has 1 N–H and O–H groups in total. The molecule has 98 valence electrons. The van der Waals surface area contributed by atoms with Crippen LogP contribution in [0.15, 0.2) is 55.1 Å². The molecular formula is C13H10Br2N2O2. The van der Waals surface area contributed by atoms with Crippen molar-refractivity contribution in [2.24, 2.45) is 5.10 Å². The lowest BCUT2D eigenvalue weighted by molar-refractivity contribution is -0.120. The Kier molecular flexibility index (Phi) is 4.93. The molecule has 0 bridgehead atoms. The van der Waals surface area contributed by atoms with Crippen LogP contribution >= 0.6 is 31.9 Å². The normalized spacial score (nSPS) is 10.8. The molecule has 2 aromatic rings. The molecular weight excluding hydrogens is 376 g/mol. The van der Waals surface area contributed by atoms with Gasteiger partial charge < -0.3 is 4.42 Å². The topological polar surface area (TPSA) is 54.6 Å². The van der Waals surface area contributed by atoms with Crippen LogP contribution in [0.25, 0.3) is 0 Å². The summed E-state index contributed by atoms with van der Waals surface area (Å²) in [5.41, 5.74) is 3.37. The molecule has 0 saturated heterocycles. The van der Waals surface area contributed by atoms with Crippen LogP contribution in [0.2, 0.25) is 0 Å². The Hall–Kier alpha value is -1.40. The van der Waals surface area contributed by atoms with Crippen molar-refractivity contribution in [2.75, 3.05) is 0 Å². The predicted molar refractivity (Wildman–Crippen MR) is 80.0 cm³/mol. The minimum atomic E-state index is -0.177. The number of hydrogen-bond acceptors (Lipinski definition) is 3. The third-order valence-corrected chi connectivity index (χ3v) is 3.21. The largest absolute Gasteiger partial charge is 0.448 e. The van der Waals surface area contributed by atoms with Crippen LogP contribution in [0.3, 0.4) is 0 Å². The highest BCUT2D eigenvalue weighted by molar-refractivity contribution is 9.10. The van der Waals surface area contributed by atoms with Crippen molar-refractivity contribution in [3.05, 3.63) is 56.9 Å². The van der Waals surface area contributed by atoms with Crippen molar-refractivity contribution >= 4 is 44.0 Å². The van der Waals surface area contributed by atoms with Crippen molar-refractivity contribution < 1.29 is 9.21 Å². The van der Waals surface area contributed by atoms with Gasteiger partial charge in [-0.3, -0.25) is 4.79 Å². The zero-order valence-electron chi connectivity index (χ0n) is 9.77. The molecule has 6 heteroatoms. The van der Waals surface area contributed by atoms with E-state index in [0.29, 0.717) is 10.4 Å². The summed E-state index contributed by atoms with van der Waals surface area (Å²) in [6.07, 6.45) is 1.73. The summed E-state index contributed by atoms with van der Waals surface area (Å²) in [4.78, 5) is 11.6. The maximum Gasteiger partial charge on any atom is 0.244 e. The third kappa shape index (κ3) is 4.65. The molecule has 19 heavy (non-hydrogen) atoms. The molecule has 4 nitrogen and oxygen atoms in total. The monoisotopic (exact) mass is 384 g/mol. The molecule has 0 aliphatic heterocycles. The molecule has 0 atom stereocenters. The fourth-order valence-electron chi connectivity index (χ4n) is 1.39. The fourth-order valence-corrected chi connectivity index (χ4v) is 1.98. The van der Waals surface area contributed by atoms with Crippen molar-refractivity contribution in [1.82, 2.24) is 5.43 Å². The Morgan fingerprint density at radius 3 is 2.58 bits per heavy atom. The van der Waals surface area contributed by atoms with E-state index < -0.39 is 0 Å². The van der Waals surface area contributed by atoms with Gasteiger partial charge in [-0.1, -0.05) is 28.1 Å². The number of nitrogens with one attached hydrogen (secondary N) is 1. The first-order valence-electron chi connectivity index (χ1n) is 5.45. The van der Waals surface area contributed by atoms with E-state index in [1.165, 1.54) is 6.21 Å². The Balaban J connectivity index is 1.84. The Morgan fingerprint density at radius 1 is 1.21 bits per heavy atom. The van der Waals surface area contributed by atoms with Gasteiger partial charge in [-0.15, -0.1) is 0 Å². The zero-order valence-corrected chi connectivity index (χ0v) is 12.9. The fraction of sp³-hybridized carbons (Fsp3) is 0.0769.